The largest absolute Gasteiger partial charge is 0.493 e. The molecule has 0 amide bonds. The molecule has 0 atom stereocenters. The van der Waals surface area contributed by atoms with E-state index in [1.807, 2.05) is 48.7 Å². The minimum absolute atomic E-state index is 0.0244. The zero-order valence-electron chi connectivity index (χ0n) is 10.1. The lowest BCUT2D eigenvalue weighted by Gasteiger charge is -2.05. The molecule has 2 nitrogen and oxygen atoms in total. The Morgan fingerprint density at radius 1 is 1.28 bits per heavy atom. The number of ketones is 1. The zero-order valence-corrected chi connectivity index (χ0v) is 10.9. The lowest BCUT2D eigenvalue weighted by Crippen LogP contribution is -1.94. The summed E-state index contributed by atoms with van der Waals surface area (Å²) >= 11 is 1.45. The molecule has 92 valence electrons. The first-order valence-corrected chi connectivity index (χ1v) is 6.67. The van der Waals surface area contributed by atoms with Crippen LogP contribution in [0.5, 0.6) is 5.75 Å². The van der Waals surface area contributed by atoms with Crippen molar-refractivity contribution < 1.29 is 9.53 Å². The topological polar surface area (TPSA) is 26.3 Å². The number of benzene rings is 1. The van der Waals surface area contributed by atoms with Crippen LogP contribution in [0.15, 0.2) is 47.9 Å². The van der Waals surface area contributed by atoms with E-state index in [1.165, 1.54) is 11.3 Å². The van der Waals surface area contributed by atoms with Gasteiger partial charge in [0.1, 0.15) is 5.75 Å². The SMILES string of the molecule is CCOc1ccccc1/C=C/C(=O)c1cccs1. The number of para-hydroxylation sites is 1. The highest BCUT2D eigenvalue weighted by Gasteiger charge is 2.03. The van der Waals surface area contributed by atoms with Gasteiger partial charge in [0.2, 0.25) is 0 Å². The molecule has 1 aromatic heterocycles. The second-order valence-corrected chi connectivity index (χ2v) is 4.59. The molecule has 0 aliphatic rings. The van der Waals surface area contributed by atoms with Gasteiger partial charge in [0.15, 0.2) is 5.78 Å². The van der Waals surface area contributed by atoms with E-state index >= 15 is 0 Å². The van der Waals surface area contributed by atoms with Crippen LogP contribution in [0.3, 0.4) is 0 Å². The predicted octanol–water partition coefficient (Wildman–Crippen LogP) is 4.04. The zero-order chi connectivity index (χ0) is 12.8. The fourth-order valence-electron chi connectivity index (χ4n) is 1.57. The van der Waals surface area contributed by atoms with Crippen LogP contribution < -0.4 is 4.74 Å². The van der Waals surface area contributed by atoms with Crippen molar-refractivity contribution in [3.05, 3.63) is 58.3 Å². The Morgan fingerprint density at radius 3 is 2.83 bits per heavy atom. The van der Waals surface area contributed by atoms with Gasteiger partial charge in [0, 0.05) is 5.56 Å². The van der Waals surface area contributed by atoms with E-state index in [2.05, 4.69) is 0 Å². The Balaban J connectivity index is 2.16. The molecule has 1 heterocycles. The molecule has 0 unspecified atom stereocenters. The van der Waals surface area contributed by atoms with Crippen molar-refractivity contribution >= 4 is 23.2 Å². The first-order valence-electron chi connectivity index (χ1n) is 5.79. The highest BCUT2D eigenvalue weighted by Crippen LogP contribution is 2.20. The fraction of sp³-hybridized carbons (Fsp3) is 0.133. The summed E-state index contributed by atoms with van der Waals surface area (Å²) < 4.78 is 5.50. The fourth-order valence-corrected chi connectivity index (χ4v) is 2.22. The average Bonchev–Trinajstić information content (AvgIpc) is 2.92. The van der Waals surface area contributed by atoms with E-state index in [-0.39, 0.29) is 5.78 Å². The van der Waals surface area contributed by atoms with Crippen LogP contribution in [-0.2, 0) is 0 Å². The molecule has 0 bridgehead atoms. The molecule has 0 saturated carbocycles. The average molecular weight is 258 g/mol. The van der Waals surface area contributed by atoms with E-state index in [0.717, 1.165) is 16.2 Å². The van der Waals surface area contributed by atoms with Crippen molar-refractivity contribution in [2.75, 3.05) is 6.61 Å². The second-order valence-electron chi connectivity index (χ2n) is 3.65. The normalized spacial score (nSPS) is 10.7. The number of ether oxygens (including phenoxy) is 1. The number of allylic oxidation sites excluding steroid dienone is 1. The molecule has 0 N–H and O–H groups in total. The summed E-state index contributed by atoms with van der Waals surface area (Å²) in [4.78, 5) is 12.6. The number of carbonyl (C=O) groups is 1. The Hall–Kier alpha value is -1.87. The van der Waals surface area contributed by atoms with Gasteiger partial charge in [0.05, 0.1) is 11.5 Å². The van der Waals surface area contributed by atoms with E-state index in [1.54, 1.807) is 12.2 Å². The Labute approximate surface area is 111 Å². The first-order chi connectivity index (χ1) is 8.81. The lowest BCUT2D eigenvalue weighted by atomic mass is 10.1. The molecule has 2 aromatic rings. The number of thiophene rings is 1. The van der Waals surface area contributed by atoms with Crippen molar-refractivity contribution in [1.29, 1.82) is 0 Å². The molecule has 0 aliphatic carbocycles. The van der Waals surface area contributed by atoms with Gasteiger partial charge in [-0.15, -0.1) is 11.3 Å². The minimum atomic E-state index is 0.0244. The minimum Gasteiger partial charge on any atom is -0.493 e. The second kappa shape index (κ2) is 6.17. The van der Waals surface area contributed by atoms with Crippen LogP contribution in [0.4, 0.5) is 0 Å². The maximum Gasteiger partial charge on any atom is 0.195 e. The standard InChI is InChI=1S/C15H14O2S/c1-2-17-14-7-4-3-6-12(14)9-10-13(16)15-8-5-11-18-15/h3-11H,2H2,1H3/b10-9+. The number of carbonyl (C=O) groups excluding carboxylic acids is 1. The van der Waals surface area contributed by atoms with Crippen LogP contribution in [0.2, 0.25) is 0 Å². The molecule has 0 radical (unpaired) electrons. The summed E-state index contributed by atoms with van der Waals surface area (Å²) in [6, 6.07) is 11.4. The van der Waals surface area contributed by atoms with Crippen molar-refractivity contribution in [2.45, 2.75) is 6.92 Å². The summed E-state index contributed by atoms with van der Waals surface area (Å²) in [5.41, 5.74) is 0.921. The van der Waals surface area contributed by atoms with Crippen LogP contribution >= 0.6 is 11.3 Å². The summed E-state index contributed by atoms with van der Waals surface area (Å²) in [7, 11) is 0. The maximum atomic E-state index is 11.8. The third kappa shape index (κ3) is 3.08. The van der Waals surface area contributed by atoms with Gasteiger partial charge in [0.25, 0.3) is 0 Å². The van der Waals surface area contributed by atoms with E-state index in [0.29, 0.717) is 6.61 Å². The first kappa shape index (κ1) is 12.6. The predicted molar refractivity (Wildman–Crippen MR) is 75.3 cm³/mol. The summed E-state index contributed by atoms with van der Waals surface area (Å²) in [5, 5.41) is 1.90. The Bertz CT molecular complexity index is 541. The van der Waals surface area contributed by atoms with Gasteiger partial charge in [-0.25, -0.2) is 0 Å². The molecule has 0 saturated heterocycles. The monoisotopic (exact) mass is 258 g/mol. The van der Waals surface area contributed by atoms with Crippen LogP contribution in [0, 0.1) is 0 Å². The van der Waals surface area contributed by atoms with Crippen LogP contribution in [0.25, 0.3) is 6.08 Å². The van der Waals surface area contributed by atoms with Gasteiger partial charge < -0.3 is 4.74 Å². The molecule has 2 rings (SSSR count). The third-order valence-electron chi connectivity index (χ3n) is 2.40. The Kier molecular flexibility index (Phi) is 4.31. The number of rotatable bonds is 5. The molecular weight excluding hydrogens is 244 g/mol. The summed E-state index contributed by atoms with van der Waals surface area (Å²) in [5.74, 6) is 0.825. The van der Waals surface area contributed by atoms with Gasteiger partial charge >= 0.3 is 0 Å². The number of hydrogen-bond acceptors (Lipinski definition) is 3. The van der Waals surface area contributed by atoms with Gasteiger partial charge in [-0.3, -0.25) is 4.79 Å². The molecule has 0 aliphatic heterocycles. The van der Waals surface area contributed by atoms with Crippen molar-refractivity contribution in [2.24, 2.45) is 0 Å². The molecular formula is C15H14O2S. The quantitative estimate of drug-likeness (QED) is 0.597. The van der Waals surface area contributed by atoms with Crippen molar-refractivity contribution in [3.8, 4) is 5.75 Å². The Morgan fingerprint density at radius 2 is 2.11 bits per heavy atom. The smallest absolute Gasteiger partial charge is 0.195 e. The molecule has 0 spiro atoms. The van der Waals surface area contributed by atoms with Crippen molar-refractivity contribution in [3.63, 3.8) is 0 Å². The highest BCUT2D eigenvalue weighted by molar-refractivity contribution is 7.12. The molecule has 18 heavy (non-hydrogen) atoms. The summed E-state index contributed by atoms with van der Waals surface area (Å²) in [6.45, 7) is 2.56. The van der Waals surface area contributed by atoms with E-state index in [4.69, 9.17) is 4.74 Å². The van der Waals surface area contributed by atoms with Gasteiger partial charge in [-0.2, -0.15) is 0 Å². The van der Waals surface area contributed by atoms with E-state index in [9.17, 15) is 4.79 Å². The molecule has 0 fully saturated rings. The third-order valence-corrected chi connectivity index (χ3v) is 3.28. The van der Waals surface area contributed by atoms with Gasteiger partial charge in [-0.1, -0.05) is 24.3 Å². The van der Waals surface area contributed by atoms with Gasteiger partial charge in [-0.05, 0) is 36.6 Å². The summed E-state index contributed by atoms with van der Waals surface area (Å²) in [6.07, 6.45) is 3.39. The maximum absolute atomic E-state index is 11.8. The lowest BCUT2D eigenvalue weighted by molar-refractivity contribution is 0.105. The molecule has 3 heteroatoms. The van der Waals surface area contributed by atoms with Crippen molar-refractivity contribution in [1.82, 2.24) is 0 Å². The van der Waals surface area contributed by atoms with Crippen LogP contribution in [0.1, 0.15) is 22.2 Å². The molecule has 1 aromatic carbocycles. The van der Waals surface area contributed by atoms with E-state index < -0.39 is 0 Å². The van der Waals surface area contributed by atoms with Crippen LogP contribution in [-0.4, -0.2) is 12.4 Å². The number of hydrogen-bond donors (Lipinski definition) is 0. The highest BCUT2D eigenvalue weighted by atomic mass is 32.1.